The van der Waals surface area contributed by atoms with Gasteiger partial charge in [0, 0.05) is 27.3 Å². The van der Waals surface area contributed by atoms with Crippen LogP contribution in [0.3, 0.4) is 0 Å². The van der Waals surface area contributed by atoms with Gasteiger partial charge in [0.25, 0.3) is 0 Å². The largest absolute Gasteiger partial charge is 0.493 e. The van der Waals surface area contributed by atoms with Crippen LogP contribution in [0.1, 0.15) is 5.69 Å². The van der Waals surface area contributed by atoms with Gasteiger partial charge in [-0.05, 0) is 37.9 Å². The van der Waals surface area contributed by atoms with Gasteiger partial charge >= 0.3 is 0 Å². The summed E-state index contributed by atoms with van der Waals surface area (Å²) in [6.45, 7) is 0.531. The third-order valence-electron chi connectivity index (χ3n) is 2.80. The molecule has 0 bridgehead atoms. The van der Waals surface area contributed by atoms with Crippen molar-refractivity contribution in [2.24, 2.45) is 0 Å². The van der Waals surface area contributed by atoms with Crippen molar-refractivity contribution in [3.63, 3.8) is 0 Å². The quantitative estimate of drug-likeness (QED) is 0.725. The van der Waals surface area contributed by atoms with Gasteiger partial charge in [0.1, 0.15) is 0 Å². The second-order valence-corrected chi connectivity index (χ2v) is 6.30. The molecule has 7 heteroatoms. The first-order chi connectivity index (χ1) is 10.0. The Kier molecular flexibility index (Phi) is 5.72. The van der Waals surface area contributed by atoms with Gasteiger partial charge in [-0.1, -0.05) is 11.6 Å². The van der Waals surface area contributed by atoms with E-state index < -0.39 is 0 Å². The van der Waals surface area contributed by atoms with Crippen LogP contribution in [0.15, 0.2) is 33.3 Å². The topological polar surface area (TPSA) is 43.4 Å². The first kappa shape index (κ1) is 16.4. The summed E-state index contributed by atoms with van der Waals surface area (Å²) in [4.78, 5) is 4.34. The summed E-state index contributed by atoms with van der Waals surface area (Å²) in [5.74, 6) is 1.21. The lowest BCUT2D eigenvalue weighted by molar-refractivity contribution is 0.355. The highest BCUT2D eigenvalue weighted by atomic mass is 79.9. The Labute approximate surface area is 145 Å². The van der Waals surface area contributed by atoms with Crippen LogP contribution in [-0.4, -0.2) is 19.2 Å². The van der Waals surface area contributed by atoms with Crippen molar-refractivity contribution >= 4 is 49.1 Å². The van der Waals surface area contributed by atoms with E-state index in [1.165, 1.54) is 0 Å². The maximum atomic E-state index is 6.23. The third kappa shape index (κ3) is 4.02. The van der Waals surface area contributed by atoms with Crippen LogP contribution in [0.2, 0.25) is 5.02 Å². The Morgan fingerprint density at radius 3 is 2.43 bits per heavy atom. The molecular formula is C14H13Br2ClN2O2. The van der Waals surface area contributed by atoms with E-state index in [2.05, 4.69) is 42.2 Å². The third-order valence-corrected chi connectivity index (χ3v) is 4.24. The molecule has 2 rings (SSSR count). The summed E-state index contributed by atoms with van der Waals surface area (Å²) in [6.07, 6.45) is 1.75. The van der Waals surface area contributed by atoms with Gasteiger partial charge < -0.3 is 14.8 Å². The molecule has 0 unspecified atom stereocenters. The van der Waals surface area contributed by atoms with Crippen LogP contribution in [-0.2, 0) is 6.54 Å². The van der Waals surface area contributed by atoms with E-state index >= 15 is 0 Å². The summed E-state index contributed by atoms with van der Waals surface area (Å²) in [5, 5.41) is 3.80. The molecule has 1 heterocycles. The molecule has 0 amide bonds. The van der Waals surface area contributed by atoms with Gasteiger partial charge in [-0.15, -0.1) is 0 Å². The fourth-order valence-electron chi connectivity index (χ4n) is 1.74. The number of pyridine rings is 1. The summed E-state index contributed by atoms with van der Waals surface area (Å²) < 4.78 is 12.3. The second-order valence-electron chi connectivity index (χ2n) is 4.12. The van der Waals surface area contributed by atoms with Gasteiger partial charge in [0.2, 0.25) is 0 Å². The molecule has 0 radical (unpaired) electrons. The maximum absolute atomic E-state index is 6.23. The van der Waals surface area contributed by atoms with Crippen molar-refractivity contribution in [1.29, 1.82) is 0 Å². The zero-order valence-corrected chi connectivity index (χ0v) is 15.3. The number of aromatic nitrogens is 1. The zero-order chi connectivity index (χ0) is 15.4. The lowest BCUT2D eigenvalue weighted by atomic mass is 10.2. The van der Waals surface area contributed by atoms with Crippen LogP contribution < -0.4 is 14.8 Å². The molecule has 1 N–H and O–H groups in total. The first-order valence-electron chi connectivity index (χ1n) is 6.00. The van der Waals surface area contributed by atoms with Crippen LogP contribution in [0.5, 0.6) is 11.5 Å². The van der Waals surface area contributed by atoms with Crippen LogP contribution >= 0.6 is 43.5 Å². The van der Waals surface area contributed by atoms with Crippen molar-refractivity contribution in [3.8, 4) is 11.5 Å². The van der Waals surface area contributed by atoms with Crippen molar-refractivity contribution in [2.45, 2.75) is 6.54 Å². The van der Waals surface area contributed by atoms with E-state index in [9.17, 15) is 0 Å². The van der Waals surface area contributed by atoms with Crippen LogP contribution in [0.4, 0.5) is 5.69 Å². The highest BCUT2D eigenvalue weighted by Gasteiger charge is 2.10. The van der Waals surface area contributed by atoms with Crippen molar-refractivity contribution in [1.82, 2.24) is 4.98 Å². The second kappa shape index (κ2) is 7.33. The average Bonchev–Trinajstić information content (AvgIpc) is 2.47. The standard InChI is InChI=1S/C14H13Br2ClN2O2/c1-20-13-4-10(17)11(5-14(13)21-2)19-7-12-9(16)3-8(15)6-18-12/h3-6,19H,7H2,1-2H3. The number of rotatable bonds is 5. The van der Waals surface area contributed by atoms with E-state index in [4.69, 9.17) is 21.1 Å². The molecular weight excluding hydrogens is 423 g/mol. The van der Waals surface area contributed by atoms with Gasteiger partial charge in [0.05, 0.1) is 37.2 Å². The summed E-state index contributed by atoms with van der Waals surface area (Å²) >= 11 is 13.1. The Morgan fingerprint density at radius 2 is 1.81 bits per heavy atom. The molecule has 0 aliphatic rings. The van der Waals surface area contributed by atoms with Crippen molar-refractivity contribution in [2.75, 3.05) is 19.5 Å². The van der Waals surface area contributed by atoms with E-state index in [-0.39, 0.29) is 0 Å². The van der Waals surface area contributed by atoms with Gasteiger partial charge in [0.15, 0.2) is 11.5 Å². The zero-order valence-electron chi connectivity index (χ0n) is 11.4. The minimum absolute atomic E-state index is 0.531. The lowest BCUT2D eigenvalue weighted by Gasteiger charge is -2.13. The molecule has 21 heavy (non-hydrogen) atoms. The predicted molar refractivity (Wildman–Crippen MR) is 91.5 cm³/mol. The molecule has 2 aromatic rings. The molecule has 0 aliphatic heterocycles. The van der Waals surface area contributed by atoms with Crippen LogP contribution in [0.25, 0.3) is 0 Å². The Balaban J connectivity index is 2.19. The number of hydrogen-bond donors (Lipinski definition) is 1. The number of halogens is 3. The highest BCUT2D eigenvalue weighted by Crippen LogP contribution is 2.36. The molecule has 1 aromatic carbocycles. The molecule has 4 nitrogen and oxygen atoms in total. The average molecular weight is 437 g/mol. The molecule has 0 saturated carbocycles. The number of benzene rings is 1. The van der Waals surface area contributed by atoms with E-state index in [1.54, 1.807) is 32.5 Å². The van der Waals surface area contributed by atoms with Crippen molar-refractivity contribution < 1.29 is 9.47 Å². The number of nitrogens with zero attached hydrogens (tertiary/aromatic N) is 1. The fraction of sp³-hybridized carbons (Fsp3) is 0.214. The summed E-state index contributed by atoms with van der Waals surface area (Å²) in [5.41, 5.74) is 1.63. The van der Waals surface area contributed by atoms with E-state index in [1.807, 2.05) is 6.07 Å². The normalized spacial score (nSPS) is 10.3. The molecule has 0 aliphatic carbocycles. The first-order valence-corrected chi connectivity index (χ1v) is 7.97. The minimum Gasteiger partial charge on any atom is -0.493 e. The summed E-state index contributed by atoms with van der Waals surface area (Å²) in [6, 6.07) is 5.46. The van der Waals surface area contributed by atoms with Gasteiger partial charge in [-0.3, -0.25) is 4.98 Å². The van der Waals surface area contributed by atoms with E-state index in [0.717, 1.165) is 20.3 Å². The minimum atomic E-state index is 0.531. The van der Waals surface area contributed by atoms with Crippen molar-refractivity contribution in [3.05, 3.63) is 44.1 Å². The molecule has 112 valence electrons. The molecule has 0 fully saturated rings. The number of nitrogens with one attached hydrogen (secondary N) is 1. The predicted octanol–water partition coefficient (Wildman–Crippen LogP) is 4.89. The smallest absolute Gasteiger partial charge is 0.162 e. The SMILES string of the molecule is COc1cc(Cl)c(NCc2ncc(Br)cc2Br)cc1OC. The van der Waals surface area contributed by atoms with Gasteiger partial charge in [-0.2, -0.15) is 0 Å². The number of methoxy groups -OCH3 is 2. The Bertz CT molecular complexity index is 653. The Hall–Kier alpha value is -0.980. The van der Waals surface area contributed by atoms with Gasteiger partial charge in [-0.25, -0.2) is 0 Å². The Morgan fingerprint density at radius 1 is 1.14 bits per heavy atom. The molecule has 0 spiro atoms. The molecule has 1 aromatic heterocycles. The fourth-order valence-corrected chi connectivity index (χ4v) is 3.09. The highest BCUT2D eigenvalue weighted by molar-refractivity contribution is 9.11. The molecule has 0 atom stereocenters. The number of anilines is 1. The van der Waals surface area contributed by atoms with Crippen LogP contribution in [0, 0.1) is 0 Å². The maximum Gasteiger partial charge on any atom is 0.162 e. The lowest BCUT2D eigenvalue weighted by Crippen LogP contribution is -2.03. The number of ether oxygens (including phenoxy) is 2. The van der Waals surface area contributed by atoms with E-state index in [0.29, 0.717) is 23.1 Å². The summed E-state index contributed by atoms with van der Waals surface area (Å²) in [7, 11) is 3.16. The monoisotopic (exact) mass is 434 g/mol. The molecule has 0 saturated heterocycles. The number of hydrogen-bond acceptors (Lipinski definition) is 4.